The van der Waals surface area contributed by atoms with E-state index in [2.05, 4.69) is 23.7 Å². The minimum absolute atomic E-state index is 0.371. The number of carbonyl (C=O) groups is 1. The first-order chi connectivity index (χ1) is 10.1. The van der Waals surface area contributed by atoms with Gasteiger partial charge >= 0.3 is 5.97 Å². The van der Waals surface area contributed by atoms with E-state index < -0.39 is 11.9 Å². The molecule has 2 unspecified atom stereocenters. The molecule has 2 atom stereocenters. The number of nitrogens with zero attached hydrogens (tertiary/aromatic N) is 2. The second-order valence-electron chi connectivity index (χ2n) is 5.53. The molecule has 0 bridgehead atoms. The molecular weight excluding hydrogens is 288 g/mol. The van der Waals surface area contributed by atoms with E-state index in [0.717, 1.165) is 41.5 Å². The van der Waals surface area contributed by atoms with Crippen LogP contribution in [0, 0.1) is 0 Å². The van der Waals surface area contributed by atoms with Gasteiger partial charge in [0.1, 0.15) is 5.92 Å². The van der Waals surface area contributed by atoms with Gasteiger partial charge in [-0.05, 0) is 32.6 Å². The standard InChI is InChI=1S/C15H24N2O3S/c1-4-10(2)17(8-9-20-3)15-16-13-11(14(18)19)6-5-7-12(13)21-15/h10-11H,4-9H2,1-3H3,(H,18,19). The molecule has 0 saturated carbocycles. The Morgan fingerprint density at radius 3 is 3.00 bits per heavy atom. The molecule has 1 aliphatic carbocycles. The summed E-state index contributed by atoms with van der Waals surface area (Å²) in [4.78, 5) is 19.5. The lowest BCUT2D eigenvalue weighted by atomic mass is 9.91. The fourth-order valence-corrected chi connectivity index (χ4v) is 3.98. The normalized spacial score (nSPS) is 19.1. The Morgan fingerprint density at radius 2 is 2.38 bits per heavy atom. The van der Waals surface area contributed by atoms with Crippen LogP contribution in [0.25, 0.3) is 0 Å². The van der Waals surface area contributed by atoms with Gasteiger partial charge in [0.05, 0.1) is 12.3 Å². The zero-order valence-electron chi connectivity index (χ0n) is 13.0. The summed E-state index contributed by atoms with van der Waals surface area (Å²) in [5.41, 5.74) is 0.791. The number of fused-ring (bicyclic) bond motifs is 1. The average molecular weight is 312 g/mol. The molecule has 0 radical (unpaired) electrons. The SMILES string of the molecule is CCC(C)N(CCOC)c1nc2c(s1)CCCC2C(=O)O. The number of carboxylic acids is 1. The lowest BCUT2D eigenvalue weighted by molar-refractivity contribution is -0.139. The molecule has 1 aromatic heterocycles. The molecule has 2 rings (SSSR count). The van der Waals surface area contributed by atoms with Crippen LogP contribution in [0.5, 0.6) is 0 Å². The molecule has 21 heavy (non-hydrogen) atoms. The van der Waals surface area contributed by atoms with Crippen LogP contribution in [-0.4, -0.2) is 42.4 Å². The van der Waals surface area contributed by atoms with Gasteiger partial charge in [-0.15, -0.1) is 11.3 Å². The summed E-state index contributed by atoms with van der Waals surface area (Å²) in [5, 5.41) is 10.3. The van der Waals surface area contributed by atoms with Crippen molar-refractivity contribution < 1.29 is 14.6 Å². The number of hydrogen-bond acceptors (Lipinski definition) is 5. The van der Waals surface area contributed by atoms with E-state index in [1.807, 2.05) is 0 Å². The Hall–Kier alpha value is -1.14. The third kappa shape index (κ3) is 3.55. The summed E-state index contributed by atoms with van der Waals surface area (Å²) in [6, 6.07) is 0.371. The second kappa shape index (κ2) is 7.22. The first kappa shape index (κ1) is 16.2. The minimum Gasteiger partial charge on any atom is -0.481 e. The minimum atomic E-state index is -0.750. The Bertz CT molecular complexity index is 489. The first-order valence-corrected chi connectivity index (χ1v) is 8.38. The molecule has 1 N–H and O–H groups in total. The average Bonchev–Trinajstić information content (AvgIpc) is 2.90. The summed E-state index contributed by atoms with van der Waals surface area (Å²) in [6.45, 7) is 5.76. The Labute approximate surface area is 129 Å². The number of rotatable bonds is 7. The maximum atomic E-state index is 11.4. The van der Waals surface area contributed by atoms with Crippen LogP contribution in [0.15, 0.2) is 0 Å². The summed E-state index contributed by atoms with van der Waals surface area (Å²) in [5.74, 6) is -1.18. The number of aliphatic carboxylic acids is 1. The summed E-state index contributed by atoms with van der Waals surface area (Å²) >= 11 is 1.65. The topological polar surface area (TPSA) is 62.7 Å². The fraction of sp³-hybridized carbons (Fsp3) is 0.733. The fourth-order valence-electron chi connectivity index (χ4n) is 2.68. The van der Waals surface area contributed by atoms with Crippen molar-refractivity contribution in [2.45, 2.75) is 51.5 Å². The maximum Gasteiger partial charge on any atom is 0.312 e. The van der Waals surface area contributed by atoms with Crippen LogP contribution in [0.4, 0.5) is 5.13 Å². The second-order valence-corrected chi connectivity index (χ2v) is 6.59. The van der Waals surface area contributed by atoms with Crippen LogP contribution in [0.1, 0.15) is 49.6 Å². The highest BCUT2D eigenvalue weighted by atomic mass is 32.1. The van der Waals surface area contributed by atoms with E-state index in [9.17, 15) is 9.90 Å². The first-order valence-electron chi connectivity index (χ1n) is 7.56. The van der Waals surface area contributed by atoms with Gasteiger partial charge in [-0.1, -0.05) is 6.92 Å². The van der Waals surface area contributed by atoms with Gasteiger partial charge in [-0.3, -0.25) is 4.79 Å². The van der Waals surface area contributed by atoms with Crippen molar-refractivity contribution in [3.8, 4) is 0 Å². The molecule has 0 saturated heterocycles. The molecule has 0 aromatic carbocycles. The number of ether oxygens (including phenoxy) is 1. The van der Waals surface area contributed by atoms with Crippen LogP contribution in [0.3, 0.4) is 0 Å². The summed E-state index contributed by atoms with van der Waals surface area (Å²) in [6.07, 6.45) is 3.62. The Balaban J connectivity index is 2.28. The number of hydrogen-bond donors (Lipinski definition) is 1. The highest BCUT2D eigenvalue weighted by Gasteiger charge is 2.31. The number of methoxy groups -OCH3 is 1. The number of anilines is 1. The van der Waals surface area contributed by atoms with Gasteiger partial charge in [0.15, 0.2) is 5.13 Å². The lowest BCUT2D eigenvalue weighted by Gasteiger charge is -2.27. The predicted octanol–water partition coefficient (Wildman–Crippen LogP) is 2.90. The molecule has 1 aromatic rings. The van der Waals surface area contributed by atoms with Gasteiger partial charge in [-0.2, -0.15) is 0 Å². The number of aryl methyl sites for hydroxylation is 1. The van der Waals surface area contributed by atoms with E-state index in [0.29, 0.717) is 19.1 Å². The Morgan fingerprint density at radius 1 is 1.62 bits per heavy atom. The van der Waals surface area contributed by atoms with Crippen molar-refractivity contribution in [1.82, 2.24) is 4.98 Å². The molecule has 1 aliphatic rings. The van der Waals surface area contributed by atoms with Crippen molar-refractivity contribution in [1.29, 1.82) is 0 Å². The third-order valence-corrected chi connectivity index (χ3v) is 5.31. The van der Waals surface area contributed by atoms with Crippen molar-refractivity contribution in [2.75, 3.05) is 25.2 Å². The van der Waals surface area contributed by atoms with E-state index in [1.165, 1.54) is 0 Å². The van der Waals surface area contributed by atoms with Gasteiger partial charge < -0.3 is 14.7 Å². The molecule has 0 fully saturated rings. The molecule has 118 valence electrons. The largest absolute Gasteiger partial charge is 0.481 e. The van der Waals surface area contributed by atoms with Gasteiger partial charge in [-0.25, -0.2) is 4.98 Å². The highest BCUT2D eigenvalue weighted by Crippen LogP contribution is 2.38. The number of aromatic nitrogens is 1. The molecule has 0 amide bonds. The third-order valence-electron chi connectivity index (χ3n) is 4.15. The van der Waals surface area contributed by atoms with Crippen LogP contribution in [-0.2, 0) is 16.0 Å². The zero-order chi connectivity index (χ0) is 15.4. The van der Waals surface area contributed by atoms with Crippen LogP contribution < -0.4 is 4.90 Å². The van der Waals surface area contributed by atoms with E-state index in [-0.39, 0.29) is 0 Å². The van der Waals surface area contributed by atoms with Gasteiger partial charge in [0.25, 0.3) is 0 Å². The maximum absolute atomic E-state index is 11.4. The lowest BCUT2D eigenvalue weighted by Crippen LogP contribution is -2.35. The quantitative estimate of drug-likeness (QED) is 0.839. The molecular formula is C15H24N2O3S. The molecule has 5 nitrogen and oxygen atoms in total. The molecule has 1 heterocycles. The molecule has 0 spiro atoms. The monoisotopic (exact) mass is 312 g/mol. The van der Waals surface area contributed by atoms with Gasteiger partial charge in [0, 0.05) is 24.6 Å². The number of carboxylic acid groups (broad SMARTS) is 1. The highest BCUT2D eigenvalue weighted by molar-refractivity contribution is 7.15. The predicted molar refractivity (Wildman–Crippen MR) is 84.4 cm³/mol. The van der Waals surface area contributed by atoms with Gasteiger partial charge in [0.2, 0.25) is 0 Å². The van der Waals surface area contributed by atoms with Crippen molar-refractivity contribution in [3.63, 3.8) is 0 Å². The molecule has 6 heteroatoms. The summed E-state index contributed by atoms with van der Waals surface area (Å²) < 4.78 is 5.19. The van der Waals surface area contributed by atoms with Crippen molar-refractivity contribution in [3.05, 3.63) is 10.6 Å². The van der Waals surface area contributed by atoms with E-state index in [1.54, 1.807) is 18.4 Å². The summed E-state index contributed by atoms with van der Waals surface area (Å²) in [7, 11) is 1.70. The van der Waals surface area contributed by atoms with Crippen molar-refractivity contribution >= 4 is 22.4 Å². The van der Waals surface area contributed by atoms with E-state index in [4.69, 9.17) is 4.74 Å². The van der Waals surface area contributed by atoms with Crippen LogP contribution in [0.2, 0.25) is 0 Å². The van der Waals surface area contributed by atoms with E-state index >= 15 is 0 Å². The number of thiazole rings is 1. The molecule has 0 aliphatic heterocycles. The van der Waals surface area contributed by atoms with Crippen LogP contribution >= 0.6 is 11.3 Å². The Kier molecular flexibility index (Phi) is 5.58. The smallest absolute Gasteiger partial charge is 0.312 e. The van der Waals surface area contributed by atoms with Crippen molar-refractivity contribution in [2.24, 2.45) is 0 Å². The zero-order valence-corrected chi connectivity index (χ0v) is 13.8.